The van der Waals surface area contributed by atoms with Crippen LogP contribution in [-0.4, -0.2) is 25.3 Å². The average molecular weight is 235 g/mol. The molecule has 0 radical (unpaired) electrons. The Morgan fingerprint density at radius 2 is 2.36 bits per heavy atom. The maximum Gasteiger partial charge on any atom is 0.242 e. The van der Waals surface area contributed by atoms with E-state index in [0.29, 0.717) is 0 Å². The summed E-state index contributed by atoms with van der Waals surface area (Å²) in [5, 5.41) is -0.235. The van der Waals surface area contributed by atoms with Gasteiger partial charge in [-0.25, -0.2) is 13.1 Å². The second kappa shape index (κ2) is 4.72. The molecule has 0 saturated heterocycles. The van der Waals surface area contributed by atoms with Crippen LogP contribution in [0.1, 0.15) is 6.92 Å². The van der Waals surface area contributed by atoms with Gasteiger partial charge < -0.3 is 0 Å². The quantitative estimate of drug-likeness (QED) is 0.791. The molecule has 1 heterocycles. The van der Waals surface area contributed by atoms with Crippen LogP contribution >= 0.6 is 11.6 Å². The number of alkyl halides is 1. The van der Waals surface area contributed by atoms with Crippen LogP contribution in [0.5, 0.6) is 0 Å². The largest absolute Gasteiger partial charge is 0.263 e. The van der Waals surface area contributed by atoms with Crippen molar-refractivity contribution in [2.45, 2.75) is 17.2 Å². The molecular formula is C8H11ClN2O2S. The minimum absolute atomic E-state index is 0.150. The molecule has 78 valence electrons. The van der Waals surface area contributed by atoms with E-state index in [0.717, 1.165) is 0 Å². The summed E-state index contributed by atoms with van der Waals surface area (Å²) in [4.78, 5) is 3.88. The number of hydrogen-bond acceptors (Lipinski definition) is 3. The minimum Gasteiger partial charge on any atom is -0.263 e. The fourth-order valence-corrected chi connectivity index (χ4v) is 2.08. The number of halogens is 1. The van der Waals surface area contributed by atoms with Gasteiger partial charge in [0.25, 0.3) is 0 Å². The van der Waals surface area contributed by atoms with Crippen molar-refractivity contribution in [2.24, 2.45) is 0 Å². The van der Waals surface area contributed by atoms with Crippen LogP contribution in [0.4, 0.5) is 0 Å². The number of nitrogens with one attached hydrogen (secondary N) is 1. The van der Waals surface area contributed by atoms with Gasteiger partial charge in [0.15, 0.2) is 0 Å². The first-order valence-corrected chi connectivity index (χ1v) is 5.98. The van der Waals surface area contributed by atoms with Gasteiger partial charge in [0, 0.05) is 24.3 Å². The smallest absolute Gasteiger partial charge is 0.242 e. The minimum atomic E-state index is -3.45. The van der Waals surface area contributed by atoms with Crippen LogP contribution in [0, 0.1) is 0 Å². The Labute approximate surface area is 88.4 Å². The summed E-state index contributed by atoms with van der Waals surface area (Å²) in [5.41, 5.74) is 0. The number of aromatic nitrogens is 1. The molecule has 1 rings (SSSR count). The molecule has 0 bridgehead atoms. The fourth-order valence-electron chi connectivity index (χ4n) is 0.814. The highest BCUT2D eigenvalue weighted by Crippen LogP contribution is 2.05. The molecule has 0 aromatic carbocycles. The second-order valence-electron chi connectivity index (χ2n) is 2.82. The van der Waals surface area contributed by atoms with Crippen molar-refractivity contribution in [3.8, 4) is 0 Å². The Kier molecular flexibility index (Phi) is 3.86. The predicted molar refractivity (Wildman–Crippen MR) is 54.7 cm³/mol. The summed E-state index contributed by atoms with van der Waals surface area (Å²) in [6, 6.07) is 3.05. The van der Waals surface area contributed by atoms with E-state index in [4.69, 9.17) is 11.6 Å². The van der Waals surface area contributed by atoms with Crippen LogP contribution in [0.2, 0.25) is 0 Å². The third-order valence-electron chi connectivity index (χ3n) is 1.50. The lowest BCUT2D eigenvalue weighted by atomic mass is 10.5. The maximum atomic E-state index is 11.5. The summed E-state index contributed by atoms with van der Waals surface area (Å²) < 4.78 is 25.4. The highest BCUT2D eigenvalue weighted by molar-refractivity contribution is 7.89. The van der Waals surface area contributed by atoms with Crippen molar-refractivity contribution in [1.29, 1.82) is 0 Å². The molecule has 1 unspecified atom stereocenters. The second-order valence-corrected chi connectivity index (χ2v) is 5.33. The zero-order valence-electron chi connectivity index (χ0n) is 7.64. The van der Waals surface area contributed by atoms with Crippen LogP contribution < -0.4 is 4.72 Å². The zero-order valence-corrected chi connectivity index (χ0v) is 9.22. The van der Waals surface area contributed by atoms with E-state index in [9.17, 15) is 8.42 Å². The van der Waals surface area contributed by atoms with Gasteiger partial charge in [0.05, 0.1) is 0 Å². The lowest BCUT2D eigenvalue weighted by molar-refractivity contribution is 0.580. The van der Waals surface area contributed by atoms with Gasteiger partial charge >= 0.3 is 0 Å². The maximum absolute atomic E-state index is 11.5. The SMILES string of the molecule is CC(Cl)CNS(=O)(=O)c1cccnc1. The zero-order chi connectivity index (χ0) is 10.6. The number of nitrogens with zero attached hydrogens (tertiary/aromatic N) is 1. The number of hydrogen-bond donors (Lipinski definition) is 1. The summed E-state index contributed by atoms with van der Waals surface area (Å²) in [6.07, 6.45) is 2.81. The van der Waals surface area contributed by atoms with E-state index >= 15 is 0 Å². The molecule has 0 amide bonds. The van der Waals surface area contributed by atoms with E-state index in [1.807, 2.05) is 0 Å². The Balaban J connectivity index is 2.77. The molecule has 0 aliphatic heterocycles. The molecule has 1 N–H and O–H groups in total. The van der Waals surface area contributed by atoms with Crippen LogP contribution in [-0.2, 0) is 10.0 Å². The van der Waals surface area contributed by atoms with E-state index in [-0.39, 0.29) is 16.8 Å². The summed E-state index contributed by atoms with van der Waals surface area (Å²) >= 11 is 5.63. The topological polar surface area (TPSA) is 59.1 Å². The van der Waals surface area contributed by atoms with Gasteiger partial charge in [-0.2, -0.15) is 0 Å². The first kappa shape index (κ1) is 11.4. The van der Waals surface area contributed by atoms with Crippen molar-refractivity contribution in [2.75, 3.05) is 6.54 Å². The van der Waals surface area contributed by atoms with Gasteiger partial charge in [-0.1, -0.05) is 0 Å². The number of pyridine rings is 1. The Morgan fingerprint density at radius 3 is 2.86 bits per heavy atom. The molecule has 4 nitrogen and oxygen atoms in total. The lowest BCUT2D eigenvalue weighted by Gasteiger charge is -2.06. The van der Waals surface area contributed by atoms with Gasteiger partial charge in [0.2, 0.25) is 10.0 Å². The summed E-state index contributed by atoms with van der Waals surface area (Å²) in [5.74, 6) is 0. The number of rotatable bonds is 4. The van der Waals surface area contributed by atoms with Crippen LogP contribution in [0.15, 0.2) is 29.4 Å². The Morgan fingerprint density at radius 1 is 1.64 bits per heavy atom. The van der Waals surface area contributed by atoms with Crippen molar-refractivity contribution in [3.63, 3.8) is 0 Å². The molecule has 6 heteroatoms. The van der Waals surface area contributed by atoms with E-state index in [1.165, 1.54) is 18.5 Å². The monoisotopic (exact) mass is 234 g/mol. The molecule has 0 aliphatic carbocycles. The molecule has 0 aliphatic rings. The lowest BCUT2D eigenvalue weighted by Crippen LogP contribution is -2.28. The van der Waals surface area contributed by atoms with Gasteiger partial charge in [-0.3, -0.25) is 4.98 Å². The molecule has 1 aromatic rings. The molecular weight excluding hydrogens is 224 g/mol. The van der Waals surface area contributed by atoms with E-state index < -0.39 is 10.0 Å². The van der Waals surface area contributed by atoms with E-state index in [1.54, 1.807) is 13.0 Å². The summed E-state index contributed by atoms with van der Waals surface area (Å²) in [6.45, 7) is 1.92. The van der Waals surface area contributed by atoms with Crippen molar-refractivity contribution in [1.82, 2.24) is 9.71 Å². The third-order valence-corrected chi connectivity index (χ3v) is 3.06. The standard InChI is InChI=1S/C8H11ClN2O2S/c1-7(9)5-11-14(12,13)8-3-2-4-10-6-8/h2-4,6-7,11H,5H2,1H3. The Bertz CT molecular complexity index is 378. The van der Waals surface area contributed by atoms with E-state index in [2.05, 4.69) is 9.71 Å². The van der Waals surface area contributed by atoms with Crippen molar-refractivity contribution in [3.05, 3.63) is 24.5 Å². The first-order chi connectivity index (χ1) is 6.52. The van der Waals surface area contributed by atoms with Gasteiger partial charge in [0.1, 0.15) is 4.90 Å². The average Bonchev–Trinajstić information content (AvgIpc) is 2.16. The molecule has 0 spiro atoms. The number of sulfonamides is 1. The predicted octanol–water partition coefficient (Wildman–Crippen LogP) is 0.987. The molecule has 0 fully saturated rings. The van der Waals surface area contributed by atoms with Gasteiger partial charge in [-0.15, -0.1) is 11.6 Å². The Hall–Kier alpha value is -0.650. The molecule has 1 atom stereocenters. The highest BCUT2D eigenvalue weighted by Gasteiger charge is 2.13. The molecule has 14 heavy (non-hydrogen) atoms. The fraction of sp³-hybridized carbons (Fsp3) is 0.375. The van der Waals surface area contributed by atoms with Crippen LogP contribution in [0.25, 0.3) is 0 Å². The van der Waals surface area contributed by atoms with Crippen molar-refractivity contribution < 1.29 is 8.42 Å². The van der Waals surface area contributed by atoms with Gasteiger partial charge in [-0.05, 0) is 19.1 Å². The molecule has 0 saturated carbocycles. The normalized spacial score (nSPS) is 13.9. The van der Waals surface area contributed by atoms with Crippen LogP contribution in [0.3, 0.4) is 0 Å². The molecule has 1 aromatic heterocycles. The first-order valence-electron chi connectivity index (χ1n) is 4.06. The third kappa shape index (κ3) is 3.25. The van der Waals surface area contributed by atoms with Crippen molar-refractivity contribution >= 4 is 21.6 Å². The summed E-state index contributed by atoms with van der Waals surface area (Å²) in [7, 11) is -3.45. The highest BCUT2D eigenvalue weighted by atomic mass is 35.5.